The van der Waals surface area contributed by atoms with Crippen LogP contribution in [0.4, 0.5) is 0 Å². The molecule has 0 unspecified atom stereocenters. The Kier molecular flexibility index (Phi) is 18.4. The second-order valence-electron chi connectivity index (χ2n) is 1.91. The zero-order valence-electron chi connectivity index (χ0n) is 6.54. The van der Waals surface area contributed by atoms with Gasteiger partial charge in [-0.1, -0.05) is 12.8 Å². The summed E-state index contributed by atoms with van der Waals surface area (Å²) in [5, 5.41) is 3.07. The third-order valence-electron chi connectivity index (χ3n) is 1.10. The fourth-order valence-electron chi connectivity index (χ4n) is 0.604. The Bertz CT molecular complexity index is 36.0. The molecule has 0 aromatic carbocycles. The van der Waals surface area contributed by atoms with Crippen LogP contribution in [-0.2, 0) is 0 Å². The fraction of sp³-hybridized carbons (Fsp3) is 1.00. The second-order valence-corrected chi connectivity index (χ2v) is 1.91. The van der Waals surface area contributed by atoms with Crippen molar-refractivity contribution in [2.75, 3.05) is 20.1 Å². The van der Waals surface area contributed by atoms with Crippen LogP contribution in [0.5, 0.6) is 0 Å². The normalized spacial score (nSPS) is 8.67. The Morgan fingerprint density at radius 2 is 1.89 bits per heavy atom. The number of hydrogen-bond acceptors (Lipinski definition) is 1. The van der Waals surface area contributed by atoms with E-state index in [4.69, 9.17) is 5.73 Å². The van der Waals surface area contributed by atoms with E-state index in [0.717, 1.165) is 13.0 Å². The average Bonchev–Trinajstić information content (AvgIpc) is 1.81. The van der Waals surface area contributed by atoms with Crippen LogP contribution in [0.2, 0.25) is 0 Å². The molecule has 0 saturated carbocycles. The van der Waals surface area contributed by atoms with E-state index >= 15 is 0 Å². The van der Waals surface area contributed by atoms with Crippen LogP contribution >= 0.6 is 0 Å². The predicted molar refractivity (Wildman–Crippen MR) is 37.0 cm³/mol. The van der Waals surface area contributed by atoms with Crippen molar-refractivity contribution in [3.63, 3.8) is 0 Å². The maximum absolute atomic E-state index is 6.82. The van der Waals surface area contributed by atoms with Gasteiger partial charge in [-0.05, 0) is 20.0 Å². The summed E-state index contributed by atoms with van der Waals surface area (Å²) < 4.78 is 0. The van der Waals surface area contributed by atoms with Gasteiger partial charge in [-0.25, -0.2) is 0 Å². The summed E-state index contributed by atoms with van der Waals surface area (Å²) in [6.07, 6.45) is 3.47. The van der Waals surface area contributed by atoms with E-state index < -0.39 is 0 Å². The van der Waals surface area contributed by atoms with Gasteiger partial charge in [0.1, 0.15) is 0 Å². The van der Waals surface area contributed by atoms with Gasteiger partial charge in [0.05, 0.1) is 0 Å². The van der Waals surface area contributed by atoms with E-state index in [1.165, 1.54) is 12.8 Å². The summed E-state index contributed by atoms with van der Waals surface area (Å²) in [5.41, 5.74) is 6.82. The average molecular weight is 201 g/mol. The van der Waals surface area contributed by atoms with Crippen molar-refractivity contribution in [1.82, 2.24) is 5.32 Å². The van der Waals surface area contributed by atoms with Gasteiger partial charge in [-0.2, -0.15) is 6.54 Å². The van der Waals surface area contributed by atoms with Crippen molar-refractivity contribution in [3.05, 3.63) is 5.73 Å². The molecule has 0 aromatic rings. The van der Waals surface area contributed by atoms with Crippen molar-refractivity contribution in [3.8, 4) is 0 Å². The number of nitrogens with one attached hydrogen (secondary N) is 2. The molecule has 2 nitrogen and oxygen atoms in total. The molecule has 9 heavy (non-hydrogen) atoms. The van der Waals surface area contributed by atoms with Crippen molar-refractivity contribution in [2.24, 2.45) is 0 Å². The van der Waals surface area contributed by atoms with Gasteiger partial charge in [-0.15, -0.1) is 0 Å². The van der Waals surface area contributed by atoms with Crippen molar-refractivity contribution in [2.45, 2.75) is 19.3 Å². The summed E-state index contributed by atoms with van der Waals surface area (Å²) >= 11 is 0. The van der Waals surface area contributed by atoms with Crippen molar-refractivity contribution in [1.29, 1.82) is 0 Å². The standard InChI is InChI=1S/C6H15N2.Rb/c1-8-6-4-2-3-5-7;/h7-8H,2-6H2,1H3;/q-1;+1. The third kappa shape index (κ3) is 12.8. The SMILES string of the molecule is CNCCCCC[NH-].[Rb+]. The van der Waals surface area contributed by atoms with E-state index in [2.05, 4.69) is 5.32 Å². The summed E-state index contributed by atoms with van der Waals surface area (Å²) in [4.78, 5) is 0. The Morgan fingerprint density at radius 3 is 2.33 bits per heavy atom. The van der Waals surface area contributed by atoms with Gasteiger partial charge in [0, 0.05) is 0 Å². The molecule has 0 aliphatic rings. The number of rotatable bonds is 5. The first-order chi connectivity index (χ1) is 3.91. The van der Waals surface area contributed by atoms with E-state index in [-0.39, 0.29) is 58.2 Å². The first-order valence-electron chi connectivity index (χ1n) is 3.21. The first-order valence-corrected chi connectivity index (χ1v) is 3.21. The Labute approximate surface area is 107 Å². The molecule has 0 fully saturated rings. The van der Waals surface area contributed by atoms with E-state index in [1.807, 2.05) is 7.05 Å². The van der Waals surface area contributed by atoms with Crippen LogP contribution in [0.15, 0.2) is 0 Å². The van der Waals surface area contributed by atoms with Crippen LogP contribution in [-0.4, -0.2) is 20.1 Å². The molecule has 0 heterocycles. The molecular formula is C6H15N2Rb. The summed E-state index contributed by atoms with van der Waals surface area (Å²) in [6.45, 7) is 1.68. The van der Waals surface area contributed by atoms with Crippen molar-refractivity contribution < 1.29 is 58.2 Å². The minimum Gasteiger partial charge on any atom is -0.677 e. The topological polar surface area (TPSA) is 35.8 Å². The first kappa shape index (κ1) is 13.3. The van der Waals surface area contributed by atoms with Crippen LogP contribution < -0.4 is 63.5 Å². The van der Waals surface area contributed by atoms with Crippen LogP contribution in [0.25, 0.3) is 5.73 Å². The molecule has 0 aliphatic heterocycles. The third-order valence-corrected chi connectivity index (χ3v) is 1.10. The molecule has 50 valence electrons. The smallest absolute Gasteiger partial charge is 0.677 e. The molecule has 0 bridgehead atoms. The van der Waals surface area contributed by atoms with Crippen molar-refractivity contribution >= 4 is 0 Å². The van der Waals surface area contributed by atoms with Gasteiger partial charge >= 0.3 is 58.2 Å². The Balaban J connectivity index is 0. The molecule has 0 amide bonds. The minimum atomic E-state index is 0. The van der Waals surface area contributed by atoms with E-state index in [0.29, 0.717) is 6.54 Å². The van der Waals surface area contributed by atoms with E-state index in [1.54, 1.807) is 0 Å². The quantitative estimate of drug-likeness (QED) is 0.535. The van der Waals surface area contributed by atoms with Gasteiger partial charge < -0.3 is 11.1 Å². The maximum Gasteiger partial charge on any atom is 1.00 e. The molecule has 0 radical (unpaired) electrons. The van der Waals surface area contributed by atoms with Gasteiger partial charge in [0.15, 0.2) is 0 Å². The Morgan fingerprint density at radius 1 is 1.22 bits per heavy atom. The zero-order valence-corrected chi connectivity index (χ0v) is 11.5. The largest absolute Gasteiger partial charge is 1.00 e. The maximum atomic E-state index is 6.82. The summed E-state index contributed by atoms with van der Waals surface area (Å²) in [7, 11) is 1.96. The number of hydrogen-bond donors (Lipinski definition) is 1. The molecule has 0 aliphatic carbocycles. The summed E-state index contributed by atoms with van der Waals surface area (Å²) in [6, 6.07) is 0. The predicted octanol–water partition coefficient (Wildman–Crippen LogP) is -1.57. The van der Waals surface area contributed by atoms with Crippen LogP contribution in [0.1, 0.15) is 19.3 Å². The van der Waals surface area contributed by atoms with Gasteiger partial charge in [-0.3, -0.25) is 0 Å². The molecule has 0 spiro atoms. The molecule has 0 atom stereocenters. The summed E-state index contributed by atoms with van der Waals surface area (Å²) in [5.74, 6) is 0. The molecule has 0 aromatic heterocycles. The molecular weight excluding hydrogens is 186 g/mol. The zero-order chi connectivity index (χ0) is 6.24. The minimum absolute atomic E-state index is 0. The Hall–Kier alpha value is 1.73. The molecule has 0 saturated heterocycles. The fourth-order valence-corrected chi connectivity index (χ4v) is 0.604. The van der Waals surface area contributed by atoms with Gasteiger partial charge in [0.2, 0.25) is 0 Å². The van der Waals surface area contributed by atoms with Gasteiger partial charge in [0.25, 0.3) is 0 Å². The van der Waals surface area contributed by atoms with Crippen LogP contribution in [0.3, 0.4) is 0 Å². The van der Waals surface area contributed by atoms with E-state index in [9.17, 15) is 0 Å². The molecule has 2 N–H and O–H groups in total. The molecule has 3 heteroatoms. The second kappa shape index (κ2) is 12.4. The van der Waals surface area contributed by atoms with Crippen LogP contribution in [0, 0.1) is 0 Å². The molecule has 0 rings (SSSR count). The number of unbranched alkanes of at least 4 members (excludes halogenated alkanes) is 2. The monoisotopic (exact) mass is 200 g/mol.